The Morgan fingerprint density at radius 2 is 2.21 bits per heavy atom. The van der Waals surface area contributed by atoms with E-state index in [1.165, 1.54) is 12.1 Å². The van der Waals surface area contributed by atoms with Crippen LogP contribution in [0.1, 0.15) is 38.8 Å². The highest BCUT2D eigenvalue weighted by Crippen LogP contribution is 2.52. The molecule has 2 N–H and O–H groups in total. The summed E-state index contributed by atoms with van der Waals surface area (Å²) in [4.78, 5) is 22.8. The van der Waals surface area contributed by atoms with Gasteiger partial charge in [0.05, 0.1) is 17.1 Å². The van der Waals surface area contributed by atoms with Crippen LogP contribution in [0.5, 0.6) is 0 Å². The van der Waals surface area contributed by atoms with Crippen LogP contribution in [0.4, 0.5) is 10.5 Å². The van der Waals surface area contributed by atoms with Crippen LogP contribution in [0.2, 0.25) is 0 Å². The maximum Gasteiger partial charge on any atom is 0.315 e. The lowest BCUT2D eigenvalue weighted by Gasteiger charge is -2.54. The third-order valence-corrected chi connectivity index (χ3v) is 5.32. The molecular weight excluding hydrogens is 310 g/mol. The monoisotopic (exact) mass is 333 g/mol. The molecule has 1 aliphatic heterocycles. The number of ether oxygens (including phenoxy) is 1. The predicted octanol–water partition coefficient (Wildman–Crippen LogP) is 2.77. The van der Waals surface area contributed by atoms with E-state index in [-0.39, 0.29) is 35.3 Å². The molecule has 0 spiro atoms. The van der Waals surface area contributed by atoms with Crippen LogP contribution in [0.15, 0.2) is 24.3 Å². The summed E-state index contributed by atoms with van der Waals surface area (Å²) in [5, 5.41) is 16.8. The molecule has 7 heteroatoms. The van der Waals surface area contributed by atoms with Gasteiger partial charge < -0.3 is 15.4 Å². The van der Waals surface area contributed by atoms with Gasteiger partial charge in [0.2, 0.25) is 0 Å². The first-order valence-corrected chi connectivity index (χ1v) is 8.23. The minimum absolute atomic E-state index is 0.0210. The smallest absolute Gasteiger partial charge is 0.315 e. The molecule has 1 aromatic carbocycles. The zero-order valence-electron chi connectivity index (χ0n) is 14.1. The van der Waals surface area contributed by atoms with E-state index in [2.05, 4.69) is 24.5 Å². The van der Waals surface area contributed by atoms with Crippen LogP contribution in [0.3, 0.4) is 0 Å². The van der Waals surface area contributed by atoms with Gasteiger partial charge in [0.25, 0.3) is 5.69 Å². The Hall–Kier alpha value is -2.15. The molecule has 0 bridgehead atoms. The molecule has 3 rings (SSSR count). The number of hydrogen-bond donors (Lipinski definition) is 2. The van der Waals surface area contributed by atoms with E-state index in [4.69, 9.17) is 4.74 Å². The van der Waals surface area contributed by atoms with Gasteiger partial charge in [-0.15, -0.1) is 0 Å². The molecule has 0 aromatic heterocycles. The van der Waals surface area contributed by atoms with Gasteiger partial charge in [0.1, 0.15) is 0 Å². The number of benzene rings is 1. The number of nitro benzene ring substituents is 1. The lowest BCUT2D eigenvalue weighted by molar-refractivity contribution is -0.384. The van der Waals surface area contributed by atoms with Crippen LogP contribution in [-0.2, 0) is 4.74 Å². The lowest BCUT2D eigenvalue weighted by Crippen LogP contribution is -2.67. The third kappa shape index (κ3) is 2.84. The number of nitro groups is 1. The Morgan fingerprint density at radius 1 is 1.46 bits per heavy atom. The van der Waals surface area contributed by atoms with Crippen molar-refractivity contribution in [2.24, 2.45) is 11.3 Å². The summed E-state index contributed by atoms with van der Waals surface area (Å²) >= 11 is 0. The molecule has 1 aromatic rings. The summed E-state index contributed by atoms with van der Waals surface area (Å²) in [7, 11) is 0. The van der Waals surface area contributed by atoms with Crippen molar-refractivity contribution < 1.29 is 14.5 Å². The molecule has 7 nitrogen and oxygen atoms in total. The fourth-order valence-corrected chi connectivity index (χ4v) is 3.99. The van der Waals surface area contributed by atoms with E-state index in [9.17, 15) is 14.9 Å². The summed E-state index contributed by atoms with van der Waals surface area (Å²) in [5.74, 6) is 0.374. The molecule has 1 heterocycles. The van der Waals surface area contributed by atoms with Crippen molar-refractivity contribution >= 4 is 11.7 Å². The van der Waals surface area contributed by atoms with Gasteiger partial charge in [-0.1, -0.05) is 26.0 Å². The van der Waals surface area contributed by atoms with Gasteiger partial charge in [-0.3, -0.25) is 10.1 Å². The Morgan fingerprint density at radius 3 is 2.92 bits per heavy atom. The molecule has 130 valence electrons. The van der Waals surface area contributed by atoms with Crippen molar-refractivity contribution in [2.45, 2.75) is 45.4 Å². The number of carbonyl (C=O) groups is 1. The fourth-order valence-electron chi connectivity index (χ4n) is 3.99. The van der Waals surface area contributed by atoms with Crippen molar-refractivity contribution in [1.82, 2.24) is 10.6 Å². The van der Waals surface area contributed by atoms with Crippen molar-refractivity contribution in [2.75, 3.05) is 6.61 Å². The second-order valence-corrected chi connectivity index (χ2v) is 7.23. The highest BCUT2D eigenvalue weighted by molar-refractivity contribution is 5.75. The number of nitrogens with one attached hydrogen (secondary N) is 2. The first kappa shape index (κ1) is 16.7. The topological polar surface area (TPSA) is 93.5 Å². The first-order valence-electron chi connectivity index (χ1n) is 8.23. The second-order valence-electron chi connectivity index (χ2n) is 7.23. The summed E-state index contributed by atoms with van der Waals surface area (Å²) in [6.07, 6.45) is 1.19. The number of amides is 2. The number of urea groups is 1. The minimum Gasteiger partial charge on any atom is -0.377 e. The van der Waals surface area contributed by atoms with Gasteiger partial charge in [0, 0.05) is 36.1 Å². The minimum atomic E-state index is -0.437. The van der Waals surface area contributed by atoms with E-state index in [0.717, 1.165) is 13.0 Å². The summed E-state index contributed by atoms with van der Waals surface area (Å²) in [6, 6.07) is 5.83. The van der Waals surface area contributed by atoms with Crippen LogP contribution in [0.25, 0.3) is 0 Å². The molecule has 1 saturated heterocycles. The van der Waals surface area contributed by atoms with Crippen LogP contribution in [0, 0.1) is 21.4 Å². The van der Waals surface area contributed by atoms with E-state index in [0.29, 0.717) is 11.5 Å². The molecule has 0 radical (unpaired) electrons. The summed E-state index contributed by atoms with van der Waals surface area (Å²) < 4.78 is 5.73. The van der Waals surface area contributed by atoms with Gasteiger partial charge in [-0.25, -0.2) is 4.79 Å². The van der Waals surface area contributed by atoms with Crippen LogP contribution >= 0.6 is 0 Å². The lowest BCUT2D eigenvalue weighted by atomic mass is 9.57. The van der Waals surface area contributed by atoms with E-state index in [1.54, 1.807) is 12.1 Å². The normalized spacial score (nSPS) is 28.4. The molecule has 4 atom stereocenters. The molecule has 24 heavy (non-hydrogen) atoms. The molecule has 1 aliphatic carbocycles. The van der Waals surface area contributed by atoms with Crippen molar-refractivity contribution in [3.8, 4) is 0 Å². The number of carbonyl (C=O) groups excluding carboxylic acids is 1. The van der Waals surface area contributed by atoms with Gasteiger partial charge in [-0.05, 0) is 18.9 Å². The van der Waals surface area contributed by atoms with Crippen molar-refractivity contribution in [1.29, 1.82) is 0 Å². The molecule has 2 aliphatic rings. The predicted molar refractivity (Wildman–Crippen MR) is 88.6 cm³/mol. The average molecular weight is 333 g/mol. The number of rotatable bonds is 4. The Labute approximate surface area is 140 Å². The molecular formula is C17H23N3O4. The summed E-state index contributed by atoms with van der Waals surface area (Å²) in [5.41, 5.74) is 0.648. The average Bonchev–Trinajstić information content (AvgIpc) is 3.00. The molecule has 2 amide bonds. The van der Waals surface area contributed by atoms with Crippen LogP contribution < -0.4 is 10.6 Å². The molecule has 0 unspecified atom stereocenters. The highest BCUT2D eigenvalue weighted by atomic mass is 16.6. The van der Waals surface area contributed by atoms with Gasteiger partial charge in [0.15, 0.2) is 0 Å². The summed E-state index contributed by atoms with van der Waals surface area (Å²) in [6.45, 7) is 6.78. The highest BCUT2D eigenvalue weighted by Gasteiger charge is 2.59. The van der Waals surface area contributed by atoms with Crippen molar-refractivity contribution in [3.05, 3.63) is 39.9 Å². The number of hydrogen-bond acceptors (Lipinski definition) is 4. The maximum absolute atomic E-state index is 12.3. The third-order valence-electron chi connectivity index (χ3n) is 5.32. The largest absolute Gasteiger partial charge is 0.377 e. The fraction of sp³-hybridized carbons (Fsp3) is 0.588. The standard InChI is InChI=1S/C17H23N3O4/c1-10(11-5-4-6-12(9-11)20(22)23)18-16(21)19-14-13-7-8-24-15(13)17(14,2)3/h4-6,9-10,13-15H,7-8H2,1-3H3,(H2,18,19,21)/t10-,13+,14+,15-/m0/s1. The zero-order chi connectivity index (χ0) is 17.5. The quantitative estimate of drug-likeness (QED) is 0.654. The van der Waals surface area contributed by atoms with Gasteiger partial charge >= 0.3 is 6.03 Å². The number of non-ortho nitro benzene ring substituents is 1. The Bertz CT molecular complexity index is 661. The van der Waals surface area contributed by atoms with E-state index >= 15 is 0 Å². The number of fused-ring (bicyclic) bond motifs is 1. The first-order chi connectivity index (χ1) is 11.3. The van der Waals surface area contributed by atoms with Crippen LogP contribution in [-0.4, -0.2) is 29.7 Å². The Kier molecular flexibility index (Phi) is 4.21. The van der Waals surface area contributed by atoms with Crippen molar-refractivity contribution in [3.63, 3.8) is 0 Å². The van der Waals surface area contributed by atoms with E-state index < -0.39 is 4.92 Å². The SMILES string of the molecule is C[C@H](NC(=O)N[C@@H]1[C@H]2CCO[C@@H]2C1(C)C)c1cccc([N+](=O)[O-])c1. The van der Waals surface area contributed by atoms with E-state index in [1.807, 2.05) is 6.92 Å². The van der Waals surface area contributed by atoms with Gasteiger partial charge in [-0.2, -0.15) is 0 Å². The molecule has 1 saturated carbocycles. The second kappa shape index (κ2) is 6.05. The maximum atomic E-state index is 12.3. The number of nitrogens with zero attached hydrogens (tertiary/aromatic N) is 1. The zero-order valence-corrected chi connectivity index (χ0v) is 14.1. The Balaban J connectivity index is 1.61. The molecule has 2 fully saturated rings.